The van der Waals surface area contributed by atoms with E-state index in [0.29, 0.717) is 10.6 Å². The Bertz CT molecular complexity index is 792. The van der Waals surface area contributed by atoms with Gasteiger partial charge in [0.1, 0.15) is 10.8 Å². The quantitative estimate of drug-likeness (QED) is 0.617. The van der Waals surface area contributed by atoms with Gasteiger partial charge in [0.15, 0.2) is 0 Å². The molecule has 1 aromatic carbocycles. The molecule has 0 fully saturated rings. The second-order valence-electron chi connectivity index (χ2n) is 5.65. The molecule has 0 spiro atoms. The summed E-state index contributed by atoms with van der Waals surface area (Å²) in [5, 5.41) is 3.21. The number of methoxy groups -OCH3 is 1. The van der Waals surface area contributed by atoms with Crippen LogP contribution in [-0.4, -0.2) is 25.1 Å². The lowest BCUT2D eigenvalue weighted by atomic mass is 10.2. The van der Waals surface area contributed by atoms with E-state index in [0.717, 1.165) is 16.2 Å². The van der Waals surface area contributed by atoms with E-state index in [1.54, 1.807) is 12.1 Å². The summed E-state index contributed by atoms with van der Waals surface area (Å²) in [7, 11) is 1.31. The molecule has 25 heavy (non-hydrogen) atoms. The molecule has 1 N–H and O–H groups in total. The number of rotatable bonds is 6. The van der Waals surface area contributed by atoms with Gasteiger partial charge in [-0.25, -0.2) is 4.79 Å². The fourth-order valence-corrected chi connectivity index (χ4v) is 3.06. The predicted molar refractivity (Wildman–Crippen MR) is 100 cm³/mol. The lowest BCUT2D eigenvalue weighted by Gasteiger charge is -2.09. The molecule has 0 aliphatic carbocycles. The van der Waals surface area contributed by atoms with E-state index in [4.69, 9.17) is 9.47 Å². The van der Waals surface area contributed by atoms with Crippen molar-refractivity contribution in [2.75, 3.05) is 12.4 Å². The molecule has 0 aliphatic heterocycles. The van der Waals surface area contributed by atoms with Gasteiger partial charge in [0.05, 0.1) is 18.8 Å². The maximum Gasteiger partial charge on any atom is 0.340 e. The number of aryl methyl sites for hydroxylation is 1. The van der Waals surface area contributed by atoms with E-state index in [-0.39, 0.29) is 12.0 Å². The molecule has 0 unspecified atom stereocenters. The number of hydrogen-bond donors (Lipinski definition) is 1. The molecule has 1 heterocycles. The summed E-state index contributed by atoms with van der Waals surface area (Å²) in [5.74, 6) is -0.0382. The number of benzene rings is 1. The standard InChI is InChI=1S/C19H21NO4S/c1-12(2)24-15-7-5-6-14(11-15)8-9-17(21)20-18-16(19(22)23-4)10-13(3)25-18/h5-12H,1-4H3,(H,20,21)/b9-8+. The molecule has 5 nitrogen and oxygen atoms in total. The fraction of sp³-hybridized carbons (Fsp3) is 0.263. The van der Waals surface area contributed by atoms with Gasteiger partial charge in [-0.3, -0.25) is 4.79 Å². The molecule has 0 radical (unpaired) electrons. The van der Waals surface area contributed by atoms with Gasteiger partial charge < -0.3 is 14.8 Å². The molecule has 0 atom stereocenters. The number of ether oxygens (including phenoxy) is 2. The maximum absolute atomic E-state index is 12.1. The summed E-state index contributed by atoms with van der Waals surface area (Å²) in [6.07, 6.45) is 3.20. The molecule has 1 amide bonds. The average molecular weight is 359 g/mol. The fourth-order valence-electron chi connectivity index (χ4n) is 2.16. The third-order valence-electron chi connectivity index (χ3n) is 3.15. The van der Waals surface area contributed by atoms with E-state index in [9.17, 15) is 9.59 Å². The number of thiophene rings is 1. The van der Waals surface area contributed by atoms with E-state index in [2.05, 4.69) is 5.32 Å². The number of amides is 1. The molecule has 0 aliphatic rings. The summed E-state index contributed by atoms with van der Waals surface area (Å²) in [6.45, 7) is 5.78. The highest BCUT2D eigenvalue weighted by Gasteiger charge is 2.16. The van der Waals surface area contributed by atoms with Crippen LogP contribution in [0.3, 0.4) is 0 Å². The second-order valence-corrected chi connectivity index (χ2v) is 6.91. The molecule has 2 aromatic rings. The lowest BCUT2D eigenvalue weighted by Crippen LogP contribution is -2.10. The number of anilines is 1. The Morgan fingerprint density at radius 3 is 2.68 bits per heavy atom. The Balaban J connectivity index is 2.08. The van der Waals surface area contributed by atoms with Crippen LogP contribution in [0, 0.1) is 6.92 Å². The SMILES string of the molecule is COC(=O)c1cc(C)sc1NC(=O)/C=C/c1cccc(OC(C)C)c1. The summed E-state index contributed by atoms with van der Waals surface area (Å²) < 4.78 is 10.4. The monoisotopic (exact) mass is 359 g/mol. The van der Waals surface area contributed by atoms with Gasteiger partial charge in [0, 0.05) is 11.0 Å². The van der Waals surface area contributed by atoms with Crippen molar-refractivity contribution in [3.63, 3.8) is 0 Å². The van der Waals surface area contributed by atoms with E-state index in [1.165, 1.54) is 24.5 Å². The molecule has 0 saturated heterocycles. The lowest BCUT2D eigenvalue weighted by molar-refractivity contribution is -0.111. The van der Waals surface area contributed by atoms with Crippen LogP contribution < -0.4 is 10.1 Å². The van der Waals surface area contributed by atoms with E-state index in [1.807, 2.05) is 45.0 Å². The molecule has 6 heteroatoms. The number of esters is 1. The van der Waals surface area contributed by atoms with Crippen LogP contribution >= 0.6 is 11.3 Å². The molecule has 2 rings (SSSR count). The zero-order valence-electron chi connectivity index (χ0n) is 14.7. The van der Waals surface area contributed by atoms with Crippen molar-refractivity contribution in [3.05, 3.63) is 52.4 Å². The third-order valence-corrected chi connectivity index (χ3v) is 4.12. The molecule has 0 saturated carbocycles. The maximum atomic E-state index is 12.1. The second kappa shape index (κ2) is 8.48. The van der Waals surface area contributed by atoms with E-state index >= 15 is 0 Å². The number of nitrogens with one attached hydrogen (secondary N) is 1. The number of carbonyl (C=O) groups is 2. The minimum absolute atomic E-state index is 0.0846. The van der Waals surface area contributed by atoms with Crippen LogP contribution in [0.4, 0.5) is 5.00 Å². The molecule has 1 aromatic heterocycles. The van der Waals surface area contributed by atoms with Gasteiger partial charge in [0.25, 0.3) is 0 Å². The highest BCUT2D eigenvalue weighted by molar-refractivity contribution is 7.16. The van der Waals surface area contributed by atoms with Crippen LogP contribution in [0.5, 0.6) is 5.75 Å². The van der Waals surface area contributed by atoms with Gasteiger partial charge in [0.2, 0.25) is 5.91 Å². The Morgan fingerprint density at radius 2 is 2.00 bits per heavy atom. The van der Waals surface area contributed by atoms with Gasteiger partial charge in [-0.1, -0.05) is 12.1 Å². The normalized spacial score (nSPS) is 10.9. The van der Waals surface area contributed by atoms with Crippen LogP contribution in [0.2, 0.25) is 0 Å². The van der Waals surface area contributed by atoms with Crippen molar-refractivity contribution in [2.24, 2.45) is 0 Å². The third kappa shape index (κ3) is 5.46. The molecule has 0 bridgehead atoms. The first kappa shape index (κ1) is 18.7. The van der Waals surface area contributed by atoms with Gasteiger partial charge in [-0.15, -0.1) is 11.3 Å². The minimum atomic E-state index is -0.470. The summed E-state index contributed by atoms with van der Waals surface area (Å²) >= 11 is 1.33. The van der Waals surface area contributed by atoms with Gasteiger partial charge in [-0.2, -0.15) is 0 Å². The van der Waals surface area contributed by atoms with Crippen LogP contribution in [0.1, 0.15) is 34.6 Å². The predicted octanol–water partition coefficient (Wildman–Crippen LogP) is 4.28. The van der Waals surface area contributed by atoms with Gasteiger partial charge >= 0.3 is 5.97 Å². The van der Waals surface area contributed by atoms with Crippen LogP contribution in [-0.2, 0) is 9.53 Å². The summed E-state index contributed by atoms with van der Waals surface area (Å²) in [5.41, 5.74) is 1.21. The Labute approximate surface area is 151 Å². The number of hydrogen-bond acceptors (Lipinski definition) is 5. The zero-order valence-corrected chi connectivity index (χ0v) is 15.5. The highest BCUT2D eigenvalue weighted by atomic mass is 32.1. The largest absolute Gasteiger partial charge is 0.491 e. The molecule has 132 valence electrons. The highest BCUT2D eigenvalue weighted by Crippen LogP contribution is 2.28. The first-order valence-corrected chi connectivity index (χ1v) is 8.65. The van der Waals surface area contributed by atoms with Crippen LogP contribution in [0.25, 0.3) is 6.08 Å². The van der Waals surface area contributed by atoms with Crippen molar-refractivity contribution in [2.45, 2.75) is 26.9 Å². The Hall–Kier alpha value is -2.60. The molecular formula is C19H21NO4S. The summed E-state index contributed by atoms with van der Waals surface area (Å²) in [6, 6.07) is 9.18. The van der Waals surface area contributed by atoms with Gasteiger partial charge in [-0.05, 0) is 50.6 Å². The van der Waals surface area contributed by atoms with Crippen LogP contribution in [0.15, 0.2) is 36.4 Å². The Kier molecular flexibility index (Phi) is 6.36. The molecular weight excluding hydrogens is 338 g/mol. The minimum Gasteiger partial charge on any atom is -0.491 e. The zero-order chi connectivity index (χ0) is 18.4. The Morgan fingerprint density at radius 1 is 1.24 bits per heavy atom. The van der Waals surface area contributed by atoms with Crippen molar-refractivity contribution in [3.8, 4) is 5.75 Å². The van der Waals surface area contributed by atoms with Crippen molar-refractivity contribution in [1.82, 2.24) is 0 Å². The topological polar surface area (TPSA) is 64.6 Å². The smallest absolute Gasteiger partial charge is 0.340 e. The summed E-state index contributed by atoms with van der Waals surface area (Å²) in [4.78, 5) is 24.8. The first-order valence-electron chi connectivity index (χ1n) is 7.83. The first-order chi connectivity index (χ1) is 11.9. The average Bonchev–Trinajstić information content (AvgIpc) is 2.92. The van der Waals surface area contributed by atoms with Crippen molar-refractivity contribution >= 4 is 34.3 Å². The van der Waals surface area contributed by atoms with Crippen molar-refractivity contribution in [1.29, 1.82) is 0 Å². The number of carbonyl (C=O) groups excluding carboxylic acids is 2. The van der Waals surface area contributed by atoms with Crippen molar-refractivity contribution < 1.29 is 19.1 Å². The van der Waals surface area contributed by atoms with E-state index < -0.39 is 5.97 Å².